The van der Waals surface area contributed by atoms with Gasteiger partial charge in [0.25, 0.3) is 5.91 Å². The van der Waals surface area contributed by atoms with Crippen molar-refractivity contribution in [2.45, 2.75) is 26.8 Å². The van der Waals surface area contributed by atoms with Gasteiger partial charge in [-0.05, 0) is 50.1 Å². The van der Waals surface area contributed by atoms with E-state index in [1.165, 1.54) is 0 Å². The van der Waals surface area contributed by atoms with Crippen molar-refractivity contribution in [3.05, 3.63) is 59.4 Å². The predicted molar refractivity (Wildman–Crippen MR) is 94.1 cm³/mol. The number of imidazole rings is 1. The van der Waals surface area contributed by atoms with Gasteiger partial charge in [0.1, 0.15) is 11.6 Å². The zero-order valence-corrected chi connectivity index (χ0v) is 14.1. The lowest BCUT2D eigenvalue weighted by molar-refractivity contribution is -0.123. The average molecular weight is 323 g/mol. The topological polar surface area (TPSA) is 67.0 Å². The summed E-state index contributed by atoms with van der Waals surface area (Å²) in [7, 11) is 0. The normalized spacial score (nSPS) is 12.1. The van der Waals surface area contributed by atoms with Crippen molar-refractivity contribution >= 4 is 16.9 Å². The van der Waals surface area contributed by atoms with Gasteiger partial charge in [0.2, 0.25) is 0 Å². The van der Waals surface area contributed by atoms with E-state index in [4.69, 9.17) is 4.74 Å². The van der Waals surface area contributed by atoms with Gasteiger partial charge in [0.05, 0.1) is 17.1 Å². The molecule has 1 amide bonds. The summed E-state index contributed by atoms with van der Waals surface area (Å²) in [4.78, 5) is 19.9. The highest BCUT2D eigenvalue weighted by atomic mass is 16.5. The number of aromatic amines is 1. The number of nitrogens with zero attached hydrogens (tertiary/aromatic N) is 1. The third-order valence-electron chi connectivity index (χ3n) is 3.90. The third-order valence-corrected chi connectivity index (χ3v) is 3.90. The van der Waals surface area contributed by atoms with Crippen LogP contribution in [0.3, 0.4) is 0 Å². The summed E-state index contributed by atoms with van der Waals surface area (Å²) in [5, 5.41) is 2.90. The first-order valence-corrected chi connectivity index (χ1v) is 7.97. The van der Waals surface area contributed by atoms with Crippen LogP contribution in [0.5, 0.6) is 5.75 Å². The van der Waals surface area contributed by atoms with Gasteiger partial charge in [-0.15, -0.1) is 0 Å². The molecule has 124 valence electrons. The largest absolute Gasteiger partial charge is 0.483 e. The number of carbonyl (C=O) groups is 1. The number of aromatic nitrogens is 2. The fourth-order valence-electron chi connectivity index (χ4n) is 2.54. The first kappa shape index (κ1) is 16.1. The van der Waals surface area contributed by atoms with E-state index in [2.05, 4.69) is 15.3 Å². The zero-order valence-electron chi connectivity index (χ0n) is 14.1. The first-order chi connectivity index (χ1) is 11.5. The van der Waals surface area contributed by atoms with E-state index >= 15 is 0 Å². The summed E-state index contributed by atoms with van der Waals surface area (Å²) in [6, 6.07) is 13.5. The summed E-state index contributed by atoms with van der Waals surface area (Å²) in [5.41, 5.74) is 3.96. The van der Waals surface area contributed by atoms with E-state index in [1.54, 1.807) is 0 Å². The highest BCUT2D eigenvalue weighted by Crippen LogP contribution is 2.19. The molecular formula is C19H21N3O2. The molecule has 0 bridgehead atoms. The molecule has 0 aliphatic carbocycles. The minimum absolute atomic E-state index is 0.0190. The number of hydrogen-bond donors (Lipinski definition) is 2. The Balaban J connectivity index is 1.60. The van der Waals surface area contributed by atoms with Crippen LogP contribution in [0.2, 0.25) is 0 Å². The van der Waals surface area contributed by atoms with Crippen LogP contribution in [0.25, 0.3) is 11.0 Å². The molecule has 24 heavy (non-hydrogen) atoms. The minimum Gasteiger partial charge on any atom is -0.483 e. The summed E-state index contributed by atoms with van der Waals surface area (Å²) in [6.07, 6.45) is 0. The van der Waals surface area contributed by atoms with Crippen LogP contribution in [-0.4, -0.2) is 22.5 Å². The smallest absolute Gasteiger partial charge is 0.258 e. The lowest BCUT2D eigenvalue weighted by Gasteiger charge is -2.13. The van der Waals surface area contributed by atoms with Crippen LogP contribution in [0.4, 0.5) is 0 Å². The van der Waals surface area contributed by atoms with Gasteiger partial charge in [0, 0.05) is 0 Å². The number of rotatable bonds is 5. The fraction of sp³-hybridized carbons (Fsp3) is 0.263. The molecule has 0 spiro atoms. The Labute approximate surface area is 141 Å². The van der Waals surface area contributed by atoms with Crippen molar-refractivity contribution in [2.75, 3.05) is 6.61 Å². The summed E-state index contributed by atoms with van der Waals surface area (Å²) < 4.78 is 5.63. The first-order valence-electron chi connectivity index (χ1n) is 7.97. The molecule has 0 saturated heterocycles. The number of amides is 1. The minimum atomic E-state index is -0.216. The van der Waals surface area contributed by atoms with Crippen molar-refractivity contribution < 1.29 is 9.53 Å². The average Bonchev–Trinajstić information content (AvgIpc) is 3.00. The number of ether oxygens (including phenoxy) is 1. The molecule has 3 aromatic rings. The number of hydrogen-bond acceptors (Lipinski definition) is 3. The van der Waals surface area contributed by atoms with Crippen LogP contribution in [-0.2, 0) is 4.79 Å². The molecule has 1 atom stereocenters. The Kier molecular flexibility index (Phi) is 4.51. The van der Waals surface area contributed by atoms with Crippen LogP contribution < -0.4 is 10.1 Å². The Morgan fingerprint density at radius 2 is 2.04 bits per heavy atom. The quantitative estimate of drug-likeness (QED) is 0.756. The van der Waals surface area contributed by atoms with Crippen LogP contribution in [0.1, 0.15) is 29.9 Å². The molecule has 1 unspecified atom stereocenters. The standard InChI is InChI=1S/C19H21N3O2/c1-12-8-9-13(2)17(10-12)24-11-18(23)20-14(3)19-21-15-6-4-5-7-16(15)22-19/h4-10,14H,11H2,1-3H3,(H,20,23)(H,21,22). The van der Waals surface area contributed by atoms with E-state index in [9.17, 15) is 4.79 Å². The van der Waals surface area contributed by atoms with Crippen molar-refractivity contribution in [3.8, 4) is 5.75 Å². The number of nitrogens with one attached hydrogen (secondary N) is 2. The van der Waals surface area contributed by atoms with Gasteiger partial charge < -0.3 is 15.0 Å². The second-order valence-corrected chi connectivity index (χ2v) is 5.99. The molecule has 2 N–H and O–H groups in total. The third kappa shape index (κ3) is 3.56. The highest BCUT2D eigenvalue weighted by molar-refractivity contribution is 5.78. The zero-order chi connectivity index (χ0) is 17.1. The van der Waals surface area contributed by atoms with E-state index in [1.807, 2.05) is 63.2 Å². The number of benzene rings is 2. The number of H-pyrrole nitrogens is 1. The second kappa shape index (κ2) is 6.74. The second-order valence-electron chi connectivity index (χ2n) is 5.99. The van der Waals surface area contributed by atoms with Gasteiger partial charge in [-0.1, -0.05) is 24.3 Å². The molecule has 0 fully saturated rings. The Morgan fingerprint density at radius 1 is 1.25 bits per heavy atom. The Bertz CT molecular complexity index is 837. The van der Waals surface area contributed by atoms with Gasteiger partial charge in [-0.3, -0.25) is 4.79 Å². The lowest BCUT2D eigenvalue weighted by Crippen LogP contribution is -2.31. The van der Waals surface area contributed by atoms with Crippen LogP contribution >= 0.6 is 0 Å². The van der Waals surface area contributed by atoms with Crippen LogP contribution in [0.15, 0.2) is 42.5 Å². The van der Waals surface area contributed by atoms with Gasteiger partial charge in [-0.2, -0.15) is 0 Å². The summed E-state index contributed by atoms with van der Waals surface area (Å²) in [5.74, 6) is 1.29. The molecule has 1 aromatic heterocycles. The van der Waals surface area contributed by atoms with E-state index in [0.29, 0.717) is 0 Å². The van der Waals surface area contributed by atoms with Crippen LogP contribution in [0, 0.1) is 13.8 Å². The van der Waals surface area contributed by atoms with E-state index < -0.39 is 0 Å². The number of fused-ring (bicyclic) bond motifs is 1. The predicted octanol–water partition coefficient (Wildman–Crippen LogP) is 3.44. The summed E-state index contributed by atoms with van der Waals surface area (Å²) >= 11 is 0. The van der Waals surface area contributed by atoms with E-state index in [-0.39, 0.29) is 18.6 Å². The van der Waals surface area contributed by atoms with Gasteiger partial charge in [0.15, 0.2) is 6.61 Å². The van der Waals surface area contributed by atoms with Crippen molar-refractivity contribution in [2.24, 2.45) is 0 Å². The maximum absolute atomic E-state index is 12.1. The molecule has 0 saturated carbocycles. The molecular weight excluding hydrogens is 302 g/mol. The molecule has 1 heterocycles. The molecule has 5 nitrogen and oxygen atoms in total. The molecule has 5 heteroatoms. The number of aryl methyl sites for hydroxylation is 2. The lowest BCUT2D eigenvalue weighted by atomic mass is 10.1. The maximum atomic E-state index is 12.1. The Hall–Kier alpha value is -2.82. The van der Waals surface area contributed by atoms with Crippen molar-refractivity contribution in [1.29, 1.82) is 0 Å². The van der Waals surface area contributed by atoms with Gasteiger partial charge in [-0.25, -0.2) is 4.98 Å². The molecule has 0 aliphatic rings. The van der Waals surface area contributed by atoms with Crippen molar-refractivity contribution in [3.63, 3.8) is 0 Å². The summed E-state index contributed by atoms with van der Waals surface area (Å²) in [6.45, 7) is 5.84. The molecule has 0 aliphatic heterocycles. The molecule has 2 aromatic carbocycles. The Morgan fingerprint density at radius 3 is 2.83 bits per heavy atom. The maximum Gasteiger partial charge on any atom is 0.258 e. The molecule has 0 radical (unpaired) electrons. The van der Waals surface area contributed by atoms with Gasteiger partial charge >= 0.3 is 0 Å². The highest BCUT2D eigenvalue weighted by Gasteiger charge is 2.14. The SMILES string of the molecule is Cc1ccc(C)c(OCC(=O)NC(C)c2nc3ccccc3[nH]2)c1. The van der Waals surface area contributed by atoms with Crippen molar-refractivity contribution in [1.82, 2.24) is 15.3 Å². The number of para-hydroxylation sites is 2. The number of carbonyl (C=O) groups excluding carboxylic acids is 1. The molecule has 3 rings (SSSR count). The monoisotopic (exact) mass is 323 g/mol. The fourth-order valence-corrected chi connectivity index (χ4v) is 2.54. The van der Waals surface area contributed by atoms with E-state index in [0.717, 1.165) is 33.7 Å².